The van der Waals surface area contributed by atoms with E-state index in [1.165, 1.54) is 6.92 Å². The van der Waals surface area contributed by atoms with E-state index in [2.05, 4.69) is 5.32 Å². The number of carbonyl (C=O) groups excluding carboxylic acids is 3. The zero-order valence-electron chi connectivity index (χ0n) is 15.5. The highest BCUT2D eigenvalue weighted by Gasteiger charge is 2.28. The Morgan fingerprint density at radius 1 is 1.19 bits per heavy atom. The van der Waals surface area contributed by atoms with Crippen LogP contribution in [0.5, 0.6) is 0 Å². The molecule has 1 saturated heterocycles. The van der Waals surface area contributed by atoms with E-state index < -0.39 is 12.1 Å². The Morgan fingerprint density at radius 3 is 2.63 bits per heavy atom. The number of amides is 2. The maximum atomic E-state index is 12.7. The molecular formula is C19H26N2O5S. The van der Waals surface area contributed by atoms with Crippen molar-refractivity contribution in [1.82, 2.24) is 10.2 Å². The molecule has 0 aliphatic carbocycles. The van der Waals surface area contributed by atoms with Gasteiger partial charge in [-0.3, -0.25) is 9.59 Å². The van der Waals surface area contributed by atoms with Crippen molar-refractivity contribution < 1.29 is 23.9 Å². The van der Waals surface area contributed by atoms with Gasteiger partial charge < -0.3 is 19.7 Å². The van der Waals surface area contributed by atoms with E-state index in [1.54, 1.807) is 16.7 Å². The highest BCUT2D eigenvalue weighted by atomic mass is 32.2. The first-order chi connectivity index (χ1) is 13.1. The van der Waals surface area contributed by atoms with Gasteiger partial charge in [-0.2, -0.15) is 0 Å². The van der Waals surface area contributed by atoms with E-state index >= 15 is 0 Å². The standard InChI is InChI=1S/C19H26N2O5S/c1-15(22)25-11-6-5-9-17(18(23)21-10-12-27-14-21)20-19(24)26-13-16-7-3-2-4-8-16/h2-4,7-8,17H,5-6,9-14H2,1H3,(H,20,24)/t17-/m0/s1. The number of alkyl carbamates (subject to hydrolysis) is 1. The number of esters is 1. The van der Waals surface area contributed by atoms with Crippen molar-refractivity contribution in [3.8, 4) is 0 Å². The van der Waals surface area contributed by atoms with Gasteiger partial charge in [0.05, 0.1) is 12.5 Å². The minimum absolute atomic E-state index is 0.0934. The summed E-state index contributed by atoms with van der Waals surface area (Å²) in [4.78, 5) is 37.4. The number of rotatable bonds is 9. The van der Waals surface area contributed by atoms with Crippen LogP contribution in [-0.2, 0) is 25.7 Å². The molecule has 148 valence electrons. The van der Waals surface area contributed by atoms with Crippen LogP contribution in [0.3, 0.4) is 0 Å². The lowest BCUT2D eigenvalue weighted by Crippen LogP contribution is -2.47. The Morgan fingerprint density at radius 2 is 1.96 bits per heavy atom. The third-order valence-electron chi connectivity index (χ3n) is 4.06. The number of benzene rings is 1. The topological polar surface area (TPSA) is 84.9 Å². The third kappa shape index (κ3) is 7.90. The lowest BCUT2D eigenvalue weighted by molar-refractivity contribution is -0.141. The fourth-order valence-electron chi connectivity index (χ4n) is 2.64. The molecule has 1 aliphatic heterocycles. The van der Waals surface area contributed by atoms with E-state index in [1.807, 2.05) is 30.3 Å². The number of unbranched alkanes of at least 4 members (excludes halogenated alkanes) is 1. The van der Waals surface area contributed by atoms with Gasteiger partial charge in [0, 0.05) is 19.2 Å². The van der Waals surface area contributed by atoms with Crippen LogP contribution in [0, 0.1) is 0 Å². The third-order valence-corrected chi connectivity index (χ3v) is 5.03. The SMILES string of the molecule is CC(=O)OCCCC[C@H](NC(=O)OCc1ccccc1)C(=O)N1CCSC1. The predicted octanol–water partition coefficient (Wildman–Crippen LogP) is 2.55. The first-order valence-electron chi connectivity index (χ1n) is 9.03. The van der Waals surface area contributed by atoms with Crippen LogP contribution in [-0.4, -0.2) is 53.7 Å². The Hall–Kier alpha value is -2.22. The summed E-state index contributed by atoms with van der Waals surface area (Å²) in [6.07, 6.45) is 1.16. The Kier molecular flexibility index (Phi) is 8.97. The number of nitrogens with one attached hydrogen (secondary N) is 1. The lowest BCUT2D eigenvalue weighted by atomic mass is 10.1. The maximum Gasteiger partial charge on any atom is 0.408 e. The molecule has 0 unspecified atom stereocenters. The van der Waals surface area contributed by atoms with Gasteiger partial charge in [-0.1, -0.05) is 30.3 Å². The average Bonchev–Trinajstić information content (AvgIpc) is 3.20. The number of nitrogens with zero attached hydrogens (tertiary/aromatic N) is 1. The van der Waals surface area contributed by atoms with Crippen molar-refractivity contribution in [2.24, 2.45) is 0 Å². The normalized spacial score (nSPS) is 14.5. The summed E-state index contributed by atoms with van der Waals surface area (Å²) in [5.74, 6) is 1.14. The predicted molar refractivity (Wildman–Crippen MR) is 103 cm³/mol. The van der Waals surface area contributed by atoms with Gasteiger partial charge in [-0.05, 0) is 24.8 Å². The van der Waals surface area contributed by atoms with Crippen molar-refractivity contribution in [2.45, 2.75) is 38.8 Å². The average molecular weight is 394 g/mol. The van der Waals surface area contributed by atoms with Gasteiger partial charge in [0.2, 0.25) is 5.91 Å². The molecule has 0 spiro atoms. The fourth-order valence-corrected chi connectivity index (χ4v) is 3.59. The Bertz CT molecular complexity index is 620. The summed E-state index contributed by atoms with van der Waals surface area (Å²) in [5, 5.41) is 2.69. The highest BCUT2D eigenvalue weighted by molar-refractivity contribution is 7.99. The molecule has 0 radical (unpaired) electrons. The second-order valence-corrected chi connectivity index (χ2v) is 7.31. The van der Waals surface area contributed by atoms with Crippen molar-refractivity contribution in [1.29, 1.82) is 0 Å². The molecule has 1 aromatic rings. The van der Waals surface area contributed by atoms with Crippen molar-refractivity contribution in [3.63, 3.8) is 0 Å². The fraction of sp³-hybridized carbons (Fsp3) is 0.526. The lowest BCUT2D eigenvalue weighted by Gasteiger charge is -2.23. The van der Waals surface area contributed by atoms with Crippen LogP contribution in [0.25, 0.3) is 0 Å². The molecule has 1 aliphatic rings. The van der Waals surface area contributed by atoms with Gasteiger partial charge in [-0.15, -0.1) is 11.8 Å². The van der Waals surface area contributed by atoms with E-state index in [0.29, 0.717) is 38.3 Å². The van der Waals surface area contributed by atoms with Crippen LogP contribution in [0.15, 0.2) is 30.3 Å². The van der Waals surface area contributed by atoms with E-state index in [9.17, 15) is 14.4 Å². The first-order valence-corrected chi connectivity index (χ1v) is 10.2. The minimum atomic E-state index is -0.635. The molecule has 1 heterocycles. The van der Waals surface area contributed by atoms with E-state index in [-0.39, 0.29) is 18.5 Å². The summed E-state index contributed by atoms with van der Waals surface area (Å²) in [6, 6.07) is 8.74. The first kappa shape index (κ1) is 21.1. The molecule has 7 nitrogen and oxygen atoms in total. The number of carbonyl (C=O) groups is 3. The molecule has 0 saturated carbocycles. The smallest absolute Gasteiger partial charge is 0.408 e. The number of hydrogen-bond donors (Lipinski definition) is 1. The van der Waals surface area contributed by atoms with Crippen molar-refractivity contribution >= 4 is 29.7 Å². The molecule has 1 aromatic carbocycles. The minimum Gasteiger partial charge on any atom is -0.466 e. The second-order valence-electron chi connectivity index (χ2n) is 6.23. The molecule has 0 aromatic heterocycles. The molecule has 2 amide bonds. The number of hydrogen-bond acceptors (Lipinski definition) is 6. The van der Waals surface area contributed by atoms with Crippen LogP contribution in [0.1, 0.15) is 31.7 Å². The number of thioether (sulfide) groups is 1. The Balaban J connectivity index is 1.83. The van der Waals surface area contributed by atoms with Gasteiger partial charge in [0.1, 0.15) is 12.6 Å². The van der Waals surface area contributed by atoms with Crippen molar-refractivity contribution in [3.05, 3.63) is 35.9 Å². The number of ether oxygens (including phenoxy) is 2. The van der Waals surface area contributed by atoms with Crippen LogP contribution in [0.2, 0.25) is 0 Å². The van der Waals surface area contributed by atoms with Gasteiger partial charge in [0.15, 0.2) is 0 Å². The van der Waals surface area contributed by atoms with Crippen LogP contribution >= 0.6 is 11.8 Å². The van der Waals surface area contributed by atoms with Gasteiger partial charge in [0.25, 0.3) is 0 Å². The summed E-state index contributed by atoms with van der Waals surface area (Å²) in [6.45, 7) is 2.52. The molecule has 1 atom stereocenters. The Labute approximate surface area is 163 Å². The molecule has 8 heteroatoms. The van der Waals surface area contributed by atoms with Gasteiger partial charge >= 0.3 is 12.1 Å². The monoisotopic (exact) mass is 394 g/mol. The maximum absolute atomic E-state index is 12.7. The molecule has 0 bridgehead atoms. The van der Waals surface area contributed by atoms with Crippen LogP contribution < -0.4 is 5.32 Å². The molecule has 1 N–H and O–H groups in total. The zero-order chi connectivity index (χ0) is 19.5. The van der Waals surface area contributed by atoms with Gasteiger partial charge in [-0.25, -0.2) is 4.79 Å². The summed E-state index contributed by atoms with van der Waals surface area (Å²) in [7, 11) is 0. The largest absolute Gasteiger partial charge is 0.466 e. The summed E-state index contributed by atoms with van der Waals surface area (Å²) >= 11 is 1.69. The van der Waals surface area contributed by atoms with Crippen molar-refractivity contribution in [2.75, 3.05) is 24.8 Å². The quantitative estimate of drug-likeness (QED) is 0.512. The molecular weight excluding hydrogens is 368 g/mol. The molecule has 27 heavy (non-hydrogen) atoms. The summed E-state index contributed by atoms with van der Waals surface area (Å²) in [5.41, 5.74) is 0.882. The van der Waals surface area contributed by atoms with E-state index in [4.69, 9.17) is 9.47 Å². The van der Waals surface area contributed by atoms with E-state index in [0.717, 1.165) is 11.3 Å². The second kappa shape index (κ2) is 11.5. The highest BCUT2D eigenvalue weighted by Crippen LogP contribution is 2.16. The summed E-state index contributed by atoms with van der Waals surface area (Å²) < 4.78 is 10.1. The molecule has 2 rings (SSSR count). The zero-order valence-corrected chi connectivity index (χ0v) is 16.3. The molecule has 1 fully saturated rings. The van der Waals surface area contributed by atoms with Crippen LogP contribution in [0.4, 0.5) is 4.79 Å².